The van der Waals surface area contributed by atoms with Gasteiger partial charge in [-0.3, -0.25) is 9.78 Å². The first-order valence-corrected chi connectivity index (χ1v) is 11.6. The number of sulfonamides is 1. The summed E-state index contributed by atoms with van der Waals surface area (Å²) >= 11 is 0. The number of hydrogen-bond donors (Lipinski definition) is 1. The maximum atomic E-state index is 13.1. The van der Waals surface area contributed by atoms with Crippen molar-refractivity contribution in [2.45, 2.75) is 31.2 Å². The Morgan fingerprint density at radius 1 is 1.07 bits per heavy atom. The van der Waals surface area contributed by atoms with Crippen molar-refractivity contribution in [3.8, 4) is 0 Å². The van der Waals surface area contributed by atoms with Crippen LogP contribution in [0.15, 0.2) is 65.7 Å². The predicted molar refractivity (Wildman–Crippen MR) is 116 cm³/mol. The Labute approximate surface area is 177 Å². The van der Waals surface area contributed by atoms with Crippen molar-refractivity contribution in [2.24, 2.45) is 5.92 Å². The summed E-state index contributed by atoms with van der Waals surface area (Å²) in [6.07, 6.45) is 2.74. The number of piperidine rings is 1. The Hall–Kier alpha value is -2.77. The van der Waals surface area contributed by atoms with Crippen molar-refractivity contribution in [3.63, 3.8) is 0 Å². The number of hydrogen-bond acceptors (Lipinski definition) is 4. The minimum atomic E-state index is -3.57. The monoisotopic (exact) mass is 423 g/mol. The average Bonchev–Trinajstić information content (AvgIpc) is 2.78. The number of fused-ring (bicyclic) bond motifs is 1. The van der Waals surface area contributed by atoms with Gasteiger partial charge in [0.05, 0.1) is 17.1 Å². The van der Waals surface area contributed by atoms with Gasteiger partial charge in [-0.2, -0.15) is 4.31 Å². The molecule has 1 N–H and O–H groups in total. The van der Waals surface area contributed by atoms with Crippen LogP contribution in [0.25, 0.3) is 10.8 Å². The van der Waals surface area contributed by atoms with E-state index in [-0.39, 0.29) is 11.8 Å². The number of benzene rings is 2. The standard InChI is InChI=1S/C23H25N3O3S/c1-17-5-4-12-24-22(17)16-25-23(27)19-10-13-26(14-11-19)30(28,29)21-9-8-18-6-2-3-7-20(18)15-21/h2-9,12,15,19H,10-11,13-14,16H2,1H3,(H,25,27). The zero-order chi connectivity index (χ0) is 21.1. The number of rotatable bonds is 5. The lowest BCUT2D eigenvalue weighted by Crippen LogP contribution is -2.42. The van der Waals surface area contributed by atoms with Crippen molar-refractivity contribution in [3.05, 3.63) is 72.1 Å². The summed E-state index contributed by atoms with van der Waals surface area (Å²) < 4.78 is 27.6. The van der Waals surface area contributed by atoms with Crippen LogP contribution in [0, 0.1) is 12.8 Å². The molecule has 0 radical (unpaired) electrons. The Morgan fingerprint density at radius 2 is 1.80 bits per heavy atom. The molecule has 1 amide bonds. The Bertz CT molecular complexity index is 1170. The van der Waals surface area contributed by atoms with E-state index >= 15 is 0 Å². The second-order valence-corrected chi connectivity index (χ2v) is 9.61. The van der Waals surface area contributed by atoms with Gasteiger partial charge in [0.1, 0.15) is 0 Å². The molecule has 6 nitrogen and oxygen atoms in total. The largest absolute Gasteiger partial charge is 0.350 e. The number of nitrogens with one attached hydrogen (secondary N) is 1. The third-order valence-corrected chi connectivity index (χ3v) is 7.63. The number of aryl methyl sites for hydroxylation is 1. The first-order chi connectivity index (χ1) is 14.4. The van der Waals surface area contributed by atoms with Gasteiger partial charge in [-0.25, -0.2) is 8.42 Å². The van der Waals surface area contributed by atoms with Crippen LogP contribution >= 0.6 is 0 Å². The lowest BCUT2D eigenvalue weighted by molar-refractivity contribution is -0.126. The molecular formula is C23H25N3O3S. The number of carbonyl (C=O) groups is 1. The minimum Gasteiger partial charge on any atom is -0.350 e. The summed E-state index contributed by atoms with van der Waals surface area (Å²) in [5.74, 6) is -0.222. The Kier molecular flexibility index (Phi) is 5.83. The Morgan fingerprint density at radius 3 is 2.53 bits per heavy atom. The van der Waals surface area contributed by atoms with E-state index in [1.54, 1.807) is 18.3 Å². The molecule has 2 heterocycles. The molecule has 1 fully saturated rings. The van der Waals surface area contributed by atoms with Gasteiger partial charge < -0.3 is 5.32 Å². The van der Waals surface area contributed by atoms with E-state index in [2.05, 4.69) is 10.3 Å². The summed E-state index contributed by atoms with van der Waals surface area (Å²) in [5.41, 5.74) is 1.89. The molecule has 0 spiro atoms. The van der Waals surface area contributed by atoms with Crippen molar-refractivity contribution in [1.82, 2.24) is 14.6 Å². The van der Waals surface area contributed by atoms with Gasteiger partial charge >= 0.3 is 0 Å². The Balaban J connectivity index is 1.38. The van der Waals surface area contributed by atoms with Crippen LogP contribution in [-0.2, 0) is 21.4 Å². The summed E-state index contributed by atoms with van der Waals surface area (Å²) in [6.45, 7) is 3.04. The van der Waals surface area contributed by atoms with Gasteiger partial charge in [0, 0.05) is 25.2 Å². The van der Waals surface area contributed by atoms with Crippen LogP contribution < -0.4 is 5.32 Å². The maximum absolute atomic E-state index is 13.1. The lowest BCUT2D eigenvalue weighted by Gasteiger charge is -2.30. The molecule has 156 valence electrons. The van der Waals surface area contributed by atoms with Crippen LogP contribution in [0.5, 0.6) is 0 Å². The molecule has 0 aliphatic carbocycles. The van der Waals surface area contributed by atoms with E-state index in [4.69, 9.17) is 0 Å². The quantitative estimate of drug-likeness (QED) is 0.683. The second-order valence-electron chi connectivity index (χ2n) is 7.67. The van der Waals surface area contributed by atoms with E-state index in [0.29, 0.717) is 37.4 Å². The predicted octanol–water partition coefficient (Wildman–Crippen LogP) is 3.26. The van der Waals surface area contributed by atoms with Crippen LogP contribution in [0.4, 0.5) is 0 Å². The first kappa shape index (κ1) is 20.5. The highest BCUT2D eigenvalue weighted by molar-refractivity contribution is 7.89. The molecule has 1 aromatic heterocycles. The average molecular weight is 424 g/mol. The highest BCUT2D eigenvalue weighted by Crippen LogP contribution is 2.26. The topological polar surface area (TPSA) is 79.4 Å². The third-order valence-electron chi connectivity index (χ3n) is 5.73. The SMILES string of the molecule is Cc1cccnc1CNC(=O)C1CCN(S(=O)(=O)c2ccc3ccccc3c2)CC1. The summed E-state index contributed by atoms with van der Waals surface area (Å²) in [7, 11) is -3.57. The zero-order valence-electron chi connectivity index (χ0n) is 16.9. The summed E-state index contributed by atoms with van der Waals surface area (Å²) in [6, 6.07) is 16.7. The summed E-state index contributed by atoms with van der Waals surface area (Å²) in [4.78, 5) is 17.1. The molecule has 7 heteroatoms. The summed E-state index contributed by atoms with van der Waals surface area (Å²) in [5, 5.41) is 4.86. The highest BCUT2D eigenvalue weighted by Gasteiger charge is 2.32. The van der Waals surface area contributed by atoms with Crippen molar-refractivity contribution >= 4 is 26.7 Å². The molecule has 3 aromatic rings. The molecule has 1 saturated heterocycles. The van der Waals surface area contributed by atoms with Gasteiger partial charge in [-0.15, -0.1) is 0 Å². The number of aromatic nitrogens is 1. The third kappa shape index (κ3) is 4.22. The molecule has 1 aliphatic heterocycles. The molecule has 0 bridgehead atoms. The van der Waals surface area contributed by atoms with Gasteiger partial charge in [0.2, 0.25) is 15.9 Å². The fraction of sp³-hybridized carbons (Fsp3) is 0.304. The molecule has 0 unspecified atom stereocenters. The van der Waals surface area contributed by atoms with E-state index in [9.17, 15) is 13.2 Å². The van der Waals surface area contributed by atoms with Crippen molar-refractivity contribution < 1.29 is 13.2 Å². The smallest absolute Gasteiger partial charge is 0.243 e. The fourth-order valence-electron chi connectivity index (χ4n) is 3.85. The van der Waals surface area contributed by atoms with Gasteiger partial charge in [0.15, 0.2) is 0 Å². The van der Waals surface area contributed by atoms with Crippen LogP contribution in [0.1, 0.15) is 24.1 Å². The zero-order valence-corrected chi connectivity index (χ0v) is 17.7. The molecule has 30 heavy (non-hydrogen) atoms. The molecule has 2 aromatic carbocycles. The maximum Gasteiger partial charge on any atom is 0.243 e. The number of nitrogens with zero attached hydrogens (tertiary/aromatic N) is 2. The fourth-order valence-corrected chi connectivity index (χ4v) is 5.36. The lowest BCUT2D eigenvalue weighted by atomic mass is 9.97. The second kappa shape index (κ2) is 8.53. The van der Waals surface area contributed by atoms with Gasteiger partial charge in [-0.1, -0.05) is 36.4 Å². The van der Waals surface area contributed by atoms with Crippen LogP contribution in [0.2, 0.25) is 0 Å². The van der Waals surface area contributed by atoms with Gasteiger partial charge in [-0.05, 0) is 54.3 Å². The highest BCUT2D eigenvalue weighted by atomic mass is 32.2. The normalized spacial score (nSPS) is 15.9. The minimum absolute atomic E-state index is 0.0391. The van der Waals surface area contributed by atoms with Crippen molar-refractivity contribution in [2.75, 3.05) is 13.1 Å². The van der Waals surface area contributed by atoms with E-state index in [1.165, 1.54) is 4.31 Å². The molecular weight excluding hydrogens is 398 g/mol. The first-order valence-electron chi connectivity index (χ1n) is 10.1. The van der Waals surface area contributed by atoms with E-state index in [1.807, 2.05) is 49.4 Å². The van der Waals surface area contributed by atoms with Crippen LogP contribution in [-0.4, -0.2) is 36.7 Å². The molecule has 0 saturated carbocycles. The number of carbonyl (C=O) groups excluding carboxylic acids is 1. The molecule has 1 aliphatic rings. The van der Waals surface area contributed by atoms with Gasteiger partial charge in [0.25, 0.3) is 0 Å². The number of amides is 1. The van der Waals surface area contributed by atoms with Crippen molar-refractivity contribution in [1.29, 1.82) is 0 Å². The van der Waals surface area contributed by atoms with Crippen LogP contribution in [0.3, 0.4) is 0 Å². The van der Waals surface area contributed by atoms with E-state index in [0.717, 1.165) is 22.0 Å². The molecule has 0 atom stereocenters. The molecule has 4 rings (SSSR count). The number of pyridine rings is 1. The van der Waals surface area contributed by atoms with E-state index < -0.39 is 10.0 Å².